The van der Waals surface area contributed by atoms with Crippen LogP contribution in [0.1, 0.15) is 27.2 Å². The van der Waals surface area contributed by atoms with E-state index in [1.807, 2.05) is 56.3 Å². The Hall–Kier alpha value is -2.73. The number of halogens is 1. The van der Waals surface area contributed by atoms with Crippen molar-refractivity contribution in [1.29, 1.82) is 0 Å². The molecule has 1 aromatic heterocycles. The lowest BCUT2D eigenvalue weighted by atomic mass is 10.1. The highest BCUT2D eigenvalue weighted by Crippen LogP contribution is 2.22. The number of rotatable bonds is 4. The minimum Gasteiger partial charge on any atom is -0.496 e. The maximum atomic E-state index is 12.5. The summed E-state index contributed by atoms with van der Waals surface area (Å²) in [5, 5.41) is 4.98. The lowest BCUT2D eigenvalue weighted by Crippen LogP contribution is -2.19. The zero-order valence-electron chi connectivity index (χ0n) is 14.7. The molecule has 132 valence electrons. The van der Waals surface area contributed by atoms with Gasteiger partial charge in [-0.05, 0) is 43.7 Å². The first-order valence-electron chi connectivity index (χ1n) is 8.03. The quantitative estimate of drug-likeness (QED) is 0.511. The Morgan fingerprint density at radius 2 is 2.04 bits per heavy atom. The topological polar surface area (TPSA) is 63.6 Å². The van der Waals surface area contributed by atoms with E-state index in [1.54, 1.807) is 13.3 Å². The number of aromatic nitrogens is 1. The van der Waals surface area contributed by atoms with Gasteiger partial charge in [0.15, 0.2) is 0 Å². The SMILES string of the molecule is COc1ccc(Br)cc1C=NNC(=O)c1cc2cccc(C)c2nc1C. The number of amides is 1. The number of methoxy groups -OCH3 is 1. The normalized spacial score (nSPS) is 11.1. The molecule has 3 aromatic rings. The molecule has 6 heteroatoms. The Morgan fingerprint density at radius 3 is 2.81 bits per heavy atom. The van der Waals surface area contributed by atoms with Crippen molar-refractivity contribution in [3.05, 3.63) is 69.3 Å². The minimum atomic E-state index is -0.302. The zero-order chi connectivity index (χ0) is 18.7. The standard InChI is InChI=1S/C20H18BrN3O2/c1-12-5-4-6-14-10-17(13(2)23-19(12)14)20(25)24-22-11-15-9-16(21)7-8-18(15)26-3/h4-11H,1-3H3,(H,24,25). The molecule has 1 amide bonds. The number of nitrogens with zero attached hydrogens (tertiary/aromatic N) is 2. The van der Waals surface area contributed by atoms with Crippen molar-refractivity contribution in [3.8, 4) is 5.75 Å². The van der Waals surface area contributed by atoms with Crippen LogP contribution in [-0.2, 0) is 0 Å². The van der Waals surface area contributed by atoms with Gasteiger partial charge in [0, 0.05) is 15.4 Å². The molecule has 26 heavy (non-hydrogen) atoms. The monoisotopic (exact) mass is 411 g/mol. The van der Waals surface area contributed by atoms with Gasteiger partial charge in [-0.25, -0.2) is 5.43 Å². The summed E-state index contributed by atoms with van der Waals surface area (Å²) in [5.74, 6) is 0.369. The number of aryl methyl sites for hydroxylation is 2. The molecule has 0 aliphatic rings. The summed E-state index contributed by atoms with van der Waals surface area (Å²) in [4.78, 5) is 17.1. The van der Waals surface area contributed by atoms with Gasteiger partial charge in [-0.3, -0.25) is 9.78 Å². The van der Waals surface area contributed by atoms with E-state index in [0.29, 0.717) is 17.0 Å². The van der Waals surface area contributed by atoms with Crippen molar-refractivity contribution in [2.75, 3.05) is 7.11 Å². The maximum absolute atomic E-state index is 12.5. The molecule has 0 saturated carbocycles. The number of fused-ring (bicyclic) bond motifs is 1. The van der Waals surface area contributed by atoms with E-state index < -0.39 is 0 Å². The number of carbonyl (C=O) groups excluding carboxylic acids is 1. The van der Waals surface area contributed by atoms with Gasteiger partial charge < -0.3 is 4.74 Å². The van der Waals surface area contributed by atoms with Crippen molar-refractivity contribution in [1.82, 2.24) is 10.4 Å². The summed E-state index contributed by atoms with van der Waals surface area (Å²) in [6.45, 7) is 3.83. The summed E-state index contributed by atoms with van der Waals surface area (Å²) in [5.41, 5.74) is 6.47. The Bertz CT molecular complexity index is 1020. The van der Waals surface area contributed by atoms with Crippen LogP contribution in [0.25, 0.3) is 10.9 Å². The number of nitrogens with one attached hydrogen (secondary N) is 1. The first kappa shape index (κ1) is 18.1. The van der Waals surface area contributed by atoms with Crippen LogP contribution in [0.2, 0.25) is 0 Å². The van der Waals surface area contributed by atoms with Crippen molar-refractivity contribution in [2.45, 2.75) is 13.8 Å². The average molecular weight is 412 g/mol. The molecule has 1 N–H and O–H groups in total. The third kappa shape index (κ3) is 3.75. The fraction of sp³-hybridized carbons (Fsp3) is 0.150. The second-order valence-electron chi connectivity index (χ2n) is 5.85. The number of para-hydroxylation sites is 1. The second-order valence-corrected chi connectivity index (χ2v) is 6.77. The molecule has 5 nitrogen and oxygen atoms in total. The predicted molar refractivity (Wildman–Crippen MR) is 107 cm³/mol. The molecule has 3 rings (SSSR count). The first-order valence-corrected chi connectivity index (χ1v) is 8.83. The number of pyridine rings is 1. The summed E-state index contributed by atoms with van der Waals surface area (Å²) in [7, 11) is 1.59. The highest BCUT2D eigenvalue weighted by atomic mass is 79.9. The molecule has 0 spiro atoms. The van der Waals surface area contributed by atoms with Gasteiger partial charge in [-0.1, -0.05) is 34.1 Å². The first-order chi connectivity index (χ1) is 12.5. The summed E-state index contributed by atoms with van der Waals surface area (Å²) in [6.07, 6.45) is 1.55. The van der Waals surface area contributed by atoms with Crippen LogP contribution in [0.3, 0.4) is 0 Å². The summed E-state index contributed by atoms with van der Waals surface area (Å²) in [6, 6.07) is 13.3. The van der Waals surface area contributed by atoms with Crippen LogP contribution in [-0.4, -0.2) is 24.2 Å². The number of hydrogen-bond donors (Lipinski definition) is 1. The largest absolute Gasteiger partial charge is 0.496 e. The van der Waals surface area contributed by atoms with Crippen LogP contribution in [0.4, 0.5) is 0 Å². The van der Waals surface area contributed by atoms with Crippen molar-refractivity contribution >= 4 is 39.0 Å². The van der Waals surface area contributed by atoms with E-state index in [-0.39, 0.29) is 5.91 Å². The van der Waals surface area contributed by atoms with E-state index in [0.717, 1.165) is 26.5 Å². The number of hydrazone groups is 1. The molecule has 0 radical (unpaired) electrons. The number of benzene rings is 2. The van der Waals surface area contributed by atoms with Crippen LogP contribution in [0, 0.1) is 13.8 Å². The van der Waals surface area contributed by atoms with E-state index in [9.17, 15) is 4.79 Å². The van der Waals surface area contributed by atoms with Crippen LogP contribution >= 0.6 is 15.9 Å². The van der Waals surface area contributed by atoms with E-state index >= 15 is 0 Å². The molecule has 0 bridgehead atoms. The Kier molecular flexibility index (Phi) is 5.32. The van der Waals surface area contributed by atoms with Crippen molar-refractivity contribution < 1.29 is 9.53 Å². The fourth-order valence-corrected chi connectivity index (χ4v) is 3.07. The van der Waals surface area contributed by atoms with Gasteiger partial charge in [-0.15, -0.1) is 0 Å². The summed E-state index contributed by atoms with van der Waals surface area (Å²) < 4.78 is 6.19. The molecular formula is C20H18BrN3O2. The fourth-order valence-electron chi connectivity index (χ4n) is 2.70. The zero-order valence-corrected chi connectivity index (χ0v) is 16.3. The van der Waals surface area contributed by atoms with Crippen molar-refractivity contribution in [2.24, 2.45) is 5.10 Å². The van der Waals surface area contributed by atoms with Gasteiger partial charge in [0.05, 0.1) is 30.1 Å². The second kappa shape index (κ2) is 7.66. The van der Waals surface area contributed by atoms with Crippen LogP contribution in [0.15, 0.2) is 52.0 Å². The van der Waals surface area contributed by atoms with Gasteiger partial charge >= 0.3 is 0 Å². The van der Waals surface area contributed by atoms with Gasteiger partial charge in [0.25, 0.3) is 5.91 Å². The minimum absolute atomic E-state index is 0.302. The van der Waals surface area contributed by atoms with Gasteiger partial charge in [0.1, 0.15) is 5.75 Å². The van der Waals surface area contributed by atoms with Crippen LogP contribution < -0.4 is 10.2 Å². The molecule has 0 unspecified atom stereocenters. The van der Waals surface area contributed by atoms with E-state index in [2.05, 4.69) is 31.4 Å². The maximum Gasteiger partial charge on any atom is 0.273 e. The van der Waals surface area contributed by atoms with E-state index in [4.69, 9.17) is 4.74 Å². The van der Waals surface area contributed by atoms with Crippen molar-refractivity contribution in [3.63, 3.8) is 0 Å². The number of hydrogen-bond acceptors (Lipinski definition) is 4. The predicted octanol–water partition coefficient (Wildman–Crippen LogP) is 4.39. The van der Waals surface area contributed by atoms with Gasteiger partial charge in [-0.2, -0.15) is 5.10 Å². The van der Waals surface area contributed by atoms with E-state index in [1.165, 1.54) is 0 Å². The summed E-state index contributed by atoms with van der Waals surface area (Å²) >= 11 is 3.41. The molecule has 0 aliphatic carbocycles. The van der Waals surface area contributed by atoms with Gasteiger partial charge in [0.2, 0.25) is 0 Å². The molecule has 0 aliphatic heterocycles. The molecule has 2 aromatic carbocycles. The third-order valence-electron chi connectivity index (χ3n) is 4.04. The molecular weight excluding hydrogens is 394 g/mol. The molecule has 1 heterocycles. The van der Waals surface area contributed by atoms with Crippen LogP contribution in [0.5, 0.6) is 5.75 Å². The Labute approximate surface area is 160 Å². The average Bonchev–Trinajstić information content (AvgIpc) is 2.62. The molecule has 0 atom stereocenters. The lowest BCUT2D eigenvalue weighted by molar-refractivity contribution is 0.0954. The smallest absolute Gasteiger partial charge is 0.273 e. The molecule has 0 saturated heterocycles. The highest BCUT2D eigenvalue weighted by molar-refractivity contribution is 9.10. The Morgan fingerprint density at radius 1 is 1.23 bits per heavy atom. The third-order valence-corrected chi connectivity index (χ3v) is 4.54. The Balaban J connectivity index is 1.84. The number of carbonyl (C=O) groups is 1. The number of ether oxygens (including phenoxy) is 1. The molecule has 0 fully saturated rings. The highest BCUT2D eigenvalue weighted by Gasteiger charge is 2.12. The lowest BCUT2D eigenvalue weighted by Gasteiger charge is -2.08.